The van der Waals surface area contributed by atoms with Crippen LogP contribution in [-0.4, -0.2) is 60.8 Å². The molecule has 2 heterocycles. The largest absolute Gasteiger partial charge is 0.465 e. The third kappa shape index (κ3) is 4.94. The highest BCUT2D eigenvalue weighted by molar-refractivity contribution is 6.30. The van der Waals surface area contributed by atoms with E-state index in [0.717, 1.165) is 11.4 Å². The van der Waals surface area contributed by atoms with Gasteiger partial charge in [-0.2, -0.15) is 0 Å². The monoisotopic (exact) mass is 434 g/mol. The van der Waals surface area contributed by atoms with Gasteiger partial charge in [0, 0.05) is 25.4 Å². The molecule has 0 spiro atoms. The molecular formula is C21H27ClN4O4. The Kier molecular flexibility index (Phi) is 7.33. The molecular weight excluding hydrogens is 408 g/mol. The lowest BCUT2D eigenvalue weighted by atomic mass is 10.00. The normalized spacial score (nSPS) is 18.9. The summed E-state index contributed by atoms with van der Waals surface area (Å²) in [5, 5.41) is 3.35. The number of esters is 1. The Morgan fingerprint density at radius 2 is 2.17 bits per heavy atom. The van der Waals surface area contributed by atoms with Crippen molar-refractivity contribution in [2.45, 2.75) is 38.8 Å². The number of aromatic nitrogens is 2. The summed E-state index contributed by atoms with van der Waals surface area (Å²) in [7, 11) is 1.37. The number of halogens is 1. The Labute approximate surface area is 180 Å². The lowest BCUT2D eigenvalue weighted by molar-refractivity contribution is 0.0271. The van der Waals surface area contributed by atoms with Gasteiger partial charge in [0.15, 0.2) is 11.0 Å². The zero-order valence-corrected chi connectivity index (χ0v) is 18.2. The van der Waals surface area contributed by atoms with Crippen LogP contribution in [0, 0.1) is 0 Å². The number of piperidine rings is 1. The van der Waals surface area contributed by atoms with Crippen LogP contribution in [0.3, 0.4) is 0 Å². The van der Waals surface area contributed by atoms with Gasteiger partial charge in [-0.15, -0.1) is 0 Å². The van der Waals surface area contributed by atoms with Crippen LogP contribution in [0.1, 0.15) is 46.9 Å². The lowest BCUT2D eigenvalue weighted by Gasteiger charge is -2.39. The van der Waals surface area contributed by atoms with Crippen LogP contribution >= 0.6 is 11.6 Å². The number of carbonyl (C=O) groups is 2. The number of nitrogens with one attached hydrogen (secondary N) is 2. The Morgan fingerprint density at radius 3 is 2.83 bits per heavy atom. The summed E-state index contributed by atoms with van der Waals surface area (Å²) in [6.45, 7) is 5.69. The maximum Gasteiger partial charge on any atom is 0.337 e. The first-order valence-corrected chi connectivity index (χ1v) is 10.4. The number of aromatic amines is 1. The molecule has 3 rings (SSSR count). The fraction of sp³-hybridized carbons (Fsp3) is 0.476. The van der Waals surface area contributed by atoms with Crippen LogP contribution in [0.5, 0.6) is 0 Å². The molecule has 9 heteroatoms. The van der Waals surface area contributed by atoms with E-state index in [-0.39, 0.29) is 29.8 Å². The van der Waals surface area contributed by atoms with E-state index < -0.39 is 0 Å². The maximum absolute atomic E-state index is 12.7. The number of anilines is 1. The minimum Gasteiger partial charge on any atom is -0.465 e. The third-order valence-corrected chi connectivity index (χ3v) is 5.50. The molecule has 162 valence electrons. The van der Waals surface area contributed by atoms with Gasteiger partial charge in [-0.05, 0) is 38.0 Å². The Morgan fingerprint density at radius 1 is 1.37 bits per heavy atom. The Hall–Kier alpha value is -2.58. The number of H-pyrrole nitrogens is 1. The number of hydrogen-bond donors (Lipinski definition) is 2. The van der Waals surface area contributed by atoms with Crippen LogP contribution in [0.15, 0.2) is 24.3 Å². The number of methoxy groups -OCH3 is 1. The smallest absolute Gasteiger partial charge is 0.337 e. The Balaban J connectivity index is 1.70. The number of hydrogen-bond acceptors (Lipinski definition) is 6. The van der Waals surface area contributed by atoms with Crippen molar-refractivity contribution in [2.75, 3.05) is 31.7 Å². The molecule has 2 N–H and O–H groups in total. The number of rotatable bonds is 7. The van der Waals surface area contributed by atoms with Crippen molar-refractivity contribution in [1.29, 1.82) is 0 Å². The minimum atomic E-state index is -0.371. The fourth-order valence-electron chi connectivity index (χ4n) is 3.61. The van der Waals surface area contributed by atoms with Crippen LogP contribution in [-0.2, 0) is 15.9 Å². The van der Waals surface area contributed by atoms with Gasteiger partial charge in [0.1, 0.15) is 0 Å². The SMILES string of the molecule is CCOC1CN(c2cccc(C(=O)OC)c2)CCC1NC(=O)c1nc(Cl)c(CC)[nH]1. The van der Waals surface area contributed by atoms with Crippen LogP contribution in [0.25, 0.3) is 0 Å². The van der Waals surface area contributed by atoms with Gasteiger partial charge < -0.3 is 24.7 Å². The second-order valence-electron chi connectivity index (χ2n) is 7.06. The summed E-state index contributed by atoms with van der Waals surface area (Å²) in [5.41, 5.74) is 2.15. The number of nitrogens with zero attached hydrogens (tertiary/aromatic N) is 2. The zero-order valence-electron chi connectivity index (χ0n) is 17.4. The standard InChI is InChI=1S/C21H27ClN4O4/c1-4-15-18(22)25-19(23-15)20(27)24-16-9-10-26(12-17(16)30-5-2)14-8-6-7-13(11-14)21(28)29-3/h6-8,11,16-17H,4-5,9-10,12H2,1-3H3,(H,23,25)(H,24,27). The quantitative estimate of drug-likeness (QED) is 0.650. The van der Waals surface area contributed by atoms with Gasteiger partial charge >= 0.3 is 5.97 Å². The molecule has 1 aliphatic rings. The van der Waals surface area contributed by atoms with E-state index >= 15 is 0 Å². The number of aryl methyl sites for hydroxylation is 1. The molecule has 0 bridgehead atoms. The summed E-state index contributed by atoms with van der Waals surface area (Å²) in [5.74, 6) is -0.461. The van der Waals surface area contributed by atoms with Gasteiger partial charge in [0.2, 0.25) is 0 Å². The summed E-state index contributed by atoms with van der Waals surface area (Å²) in [4.78, 5) is 33.7. The highest BCUT2D eigenvalue weighted by Crippen LogP contribution is 2.24. The number of ether oxygens (including phenoxy) is 2. The van der Waals surface area contributed by atoms with E-state index in [1.807, 2.05) is 32.0 Å². The van der Waals surface area contributed by atoms with E-state index in [1.54, 1.807) is 6.07 Å². The molecule has 1 fully saturated rings. The summed E-state index contributed by atoms with van der Waals surface area (Å²) in [6.07, 6.45) is 1.16. The first kappa shape index (κ1) is 22.1. The van der Waals surface area contributed by atoms with E-state index in [0.29, 0.717) is 43.3 Å². The molecule has 0 aliphatic carbocycles. The molecule has 0 saturated carbocycles. The van der Waals surface area contributed by atoms with Gasteiger partial charge in [0.05, 0.1) is 30.5 Å². The highest BCUT2D eigenvalue weighted by Gasteiger charge is 2.32. The van der Waals surface area contributed by atoms with Gasteiger partial charge in [-0.3, -0.25) is 4.79 Å². The van der Waals surface area contributed by atoms with Crippen molar-refractivity contribution in [3.63, 3.8) is 0 Å². The summed E-state index contributed by atoms with van der Waals surface area (Å²) in [6, 6.07) is 7.15. The molecule has 1 saturated heterocycles. The average molecular weight is 435 g/mol. The summed E-state index contributed by atoms with van der Waals surface area (Å²) < 4.78 is 10.7. The maximum atomic E-state index is 12.7. The molecule has 1 amide bonds. The molecule has 8 nitrogen and oxygen atoms in total. The molecule has 2 atom stereocenters. The Bertz CT molecular complexity index is 901. The van der Waals surface area contributed by atoms with Crippen molar-refractivity contribution in [2.24, 2.45) is 0 Å². The topological polar surface area (TPSA) is 96.6 Å². The summed E-state index contributed by atoms with van der Waals surface area (Å²) >= 11 is 6.06. The van der Waals surface area contributed by atoms with Crippen LogP contribution in [0.4, 0.5) is 5.69 Å². The second-order valence-corrected chi connectivity index (χ2v) is 7.42. The number of carbonyl (C=O) groups excluding carboxylic acids is 2. The van der Waals surface area contributed by atoms with Crippen molar-refractivity contribution in [3.8, 4) is 0 Å². The van der Waals surface area contributed by atoms with Gasteiger partial charge in [-0.1, -0.05) is 24.6 Å². The molecule has 30 heavy (non-hydrogen) atoms. The molecule has 1 aromatic carbocycles. The van der Waals surface area contributed by atoms with E-state index in [4.69, 9.17) is 21.1 Å². The second kappa shape index (κ2) is 9.95. The lowest BCUT2D eigenvalue weighted by Crippen LogP contribution is -2.55. The van der Waals surface area contributed by atoms with E-state index in [9.17, 15) is 9.59 Å². The molecule has 2 aromatic rings. The predicted octanol–water partition coefficient (Wildman–Crippen LogP) is 2.83. The van der Waals surface area contributed by atoms with Crippen molar-refractivity contribution >= 4 is 29.2 Å². The number of amides is 1. The van der Waals surface area contributed by atoms with E-state index in [2.05, 4.69) is 20.2 Å². The van der Waals surface area contributed by atoms with E-state index in [1.165, 1.54) is 7.11 Å². The fourth-order valence-corrected chi connectivity index (χ4v) is 3.88. The molecule has 2 unspecified atom stereocenters. The minimum absolute atomic E-state index is 0.161. The predicted molar refractivity (Wildman–Crippen MR) is 114 cm³/mol. The first-order valence-electron chi connectivity index (χ1n) is 10.1. The molecule has 1 aliphatic heterocycles. The van der Waals surface area contributed by atoms with Crippen molar-refractivity contribution < 1.29 is 19.1 Å². The number of benzene rings is 1. The van der Waals surface area contributed by atoms with Crippen molar-refractivity contribution in [3.05, 3.63) is 46.5 Å². The number of imidazole rings is 1. The first-order chi connectivity index (χ1) is 14.5. The molecule has 0 radical (unpaired) electrons. The third-order valence-electron chi connectivity index (χ3n) is 5.19. The zero-order chi connectivity index (χ0) is 21.7. The van der Waals surface area contributed by atoms with Gasteiger partial charge in [-0.25, -0.2) is 9.78 Å². The van der Waals surface area contributed by atoms with Crippen molar-refractivity contribution in [1.82, 2.24) is 15.3 Å². The average Bonchev–Trinajstić information content (AvgIpc) is 3.15. The van der Waals surface area contributed by atoms with Crippen LogP contribution < -0.4 is 10.2 Å². The molecule has 1 aromatic heterocycles. The highest BCUT2D eigenvalue weighted by atomic mass is 35.5. The van der Waals surface area contributed by atoms with Crippen LogP contribution in [0.2, 0.25) is 5.15 Å². The van der Waals surface area contributed by atoms with Gasteiger partial charge in [0.25, 0.3) is 5.91 Å².